The van der Waals surface area contributed by atoms with Crippen LogP contribution in [0.2, 0.25) is 0 Å². The SMILES string of the molecule is NC(c1ccc(I)cc1)c1ccc(C(F)(F)F)c(F)c1. The molecule has 0 spiro atoms. The first-order valence-electron chi connectivity index (χ1n) is 5.66. The van der Waals surface area contributed by atoms with Crippen LogP contribution in [0, 0.1) is 9.39 Å². The molecule has 0 saturated heterocycles. The van der Waals surface area contributed by atoms with Crippen molar-refractivity contribution >= 4 is 22.6 Å². The van der Waals surface area contributed by atoms with Gasteiger partial charge >= 0.3 is 6.18 Å². The van der Waals surface area contributed by atoms with E-state index in [2.05, 4.69) is 22.6 Å². The normalized spacial score (nSPS) is 13.3. The van der Waals surface area contributed by atoms with Crippen molar-refractivity contribution in [2.75, 3.05) is 0 Å². The molecule has 0 bridgehead atoms. The Morgan fingerprint density at radius 1 is 0.950 bits per heavy atom. The number of hydrogen-bond acceptors (Lipinski definition) is 1. The number of rotatable bonds is 2. The zero-order valence-corrected chi connectivity index (χ0v) is 12.2. The predicted molar refractivity (Wildman–Crippen MR) is 76.6 cm³/mol. The van der Waals surface area contributed by atoms with E-state index < -0.39 is 23.6 Å². The smallest absolute Gasteiger partial charge is 0.320 e. The average molecular weight is 395 g/mol. The molecule has 106 valence electrons. The van der Waals surface area contributed by atoms with Gasteiger partial charge in [-0.05, 0) is 58.0 Å². The first-order valence-corrected chi connectivity index (χ1v) is 6.74. The summed E-state index contributed by atoms with van der Waals surface area (Å²) in [4.78, 5) is 0. The molecule has 0 aromatic heterocycles. The van der Waals surface area contributed by atoms with E-state index in [1.165, 1.54) is 6.07 Å². The molecular weight excluding hydrogens is 385 g/mol. The minimum absolute atomic E-state index is 0.303. The van der Waals surface area contributed by atoms with E-state index in [9.17, 15) is 17.6 Å². The summed E-state index contributed by atoms with van der Waals surface area (Å²) in [6.45, 7) is 0. The quantitative estimate of drug-likeness (QED) is 0.589. The first-order chi connectivity index (χ1) is 9.29. The van der Waals surface area contributed by atoms with Gasteiger partial charge in [-0.15, -0.1) is 0 Å². The lowest BCUT2D eigenvalue weighted by atomic mass is 9.98. The molecule has 2 aromatic rings. The lowest BCUT2D eigenvalue weighted by Gasteiger charge is -2.15. The highest BCUT2D eigenvalue weighted by atomic mass is 127. The van der Waals surface area contributed by atoms with Crippen molar-refractivity contribution in [3.63, 3.8) is 0 Å². The summed E-state index contributed by atoms with van der Waals surface area (Å²) >= 11 is 2.13. The van der Waals surface area contributed by atoms with Crippen LogP contribution in [0.15, 0.2) is 42.5 Å². The second-order valence-corrected chi connectivity index (χ2v) is 5.51. The Labute approximate surface area is 126 Å². The molecule has 0 aliphatic rings. The van der Waals surface area contributed by atoms with Gasteiger partial charge in [-0.1, -0.05) is 18.2 Å². The van der Waals surface area contributed by atoms with Crippen LogP contribution in [0.4, 0.5) is 17.6 Å². The van der Waals surface area contributed by atoms with Crippen molar-refractivity contribution in [1.29, 1.82) is 0 Å². The van der Waals surface area contributed by atoms with Crippen molar-refractivity contribution in [3.05, 3.63) is 68.5 Å². The summed E-state index contributed by atoms with van der Waals surface area (Å²) in [5, 5.41) is 0. The van der Waals surface area contributed by atoms with Gasteiger partial charge in [0.15, 0.2) is 0 Å². The fraction of sp³-hybridized carbons (Fsp3) is 0.143. The van der Waals surface area contributed by atoms with Gasteiger partial charge in [-0.25, -0.2) is 4.39 Å². The van der Waals surface area contributed by atoms with E-state index in [0.29, 0.717) is 11.1 Å². The third kappa shape index (κ3) is 3.29. The molecule has 6 heteroatoms. The topological polar surface area (TPSA) is 26.0 Å². The third-order valence-electron chi connectivity index (χ3n) is 2.89. The Kier molecular flexibility index (Phi) is 4.33. The monoisotopic (exact) mass is 395 g/mol. The number of alkyl halides is 3. The molecule has 2 N–H and O–H groups in total. The van der Waals surface area contributed by atoms with Gasteiger partial charge in [0.25, 0.3) is 0 Å². The highest BCUT2D eigenvalue weighted by molar-refractivity contribution is 14.1. The fourth-order valence-electron chi connectivity index (χ4n) is 1.82. The maximum absolute atomic E-state index is 13.5. The zero-order valence-electron chi connectivity index (χ0n) is 10.1. The van der Waals surface area contributed by atoms with Crippen LogP contribution < -0.4 is 5.73 Å². The molecule has 1 atom stereocenters. The van der Waals surface area contributed by atoms with Crippen molar-refractivity contribution in [3.8, 4) is 0 Å². The summed E-state index contributed by atoms with van der Waals surface area (Å²) in [5.41, 5.74) is 5.68. The van der Waals surface area contributed by atoms with Crippen LogP contribution in [0.25, 0.3) is 0 Å². The predicted octanol–water partition coefficient (Wildman–Crippen LogP) is 4.50. The van der Waals surface area contributed by atoms with Crippen molar-refractivity contribution in [1.82, 2.24) is 0 Å². The van der Waals surface area contributed by atoms with Gasteiger partial charge in [-0.2, -0.15) is 13.2 Å². The molecular formula is C14H10F4IN. The van der Waals surface area contributed by atoms with E-state index in [-0.39, 0.29) is 0 Å². The Morgan fingerprint density at radius 3 is 2.00 bits per heavy atom. The highest BCUT2D eigenvalue weighted by Gasteiger charge is 2.34. The van der Waals surface area contributed by atoms with Crippen molar-refractivity contribution in [2.24, 2.45) is 5.73 Å². The molecule has 2 rings (SSSR count). The fourth-order valence-corrected chi connectivity index (χ4v) is 2.18. The molecule has 2 aromatic carbocycles. The summed E-state index contributed by atoms with van der Waals surface area (Å²) in [7, 11) is 0. The van der Waals surface area contributed by atoms with Crippen LogP contribution in [-0.4, -0.2) is 0 Å². The summed E-state index contributed by atoms with van der Waals surface area (Å²) in [6.07, 6.45) is -4.70. The van der Waals surface area contributed by atoms with Crippen molar-refractivity contribution in [2.45, 2.75) is 12.2 Å². The van der Waals surface area contributed by atoms with E-state index in [4.69, 9.17) is 5.73 Å². The standard InChI is InChI=1S/C14H10F4IN/c15-12-7-9(3-6-11(12)14(16,17)18)13(20)8-1-4-10(19)5-2-8/h1-7,13H,20H2. The molecule has 1 unspecified atom stereocenters. The summed E-state index contributed by atoms with van der Waals surface area (Å²) < 4.78 is 52.0. The zero-order chi connectivity index (χ0) is 14.9. The van der Waals surface area contributed by atoms with Gasteiger partial charge < -0.3 is 5.73 Å². The maximum atomic E-state index is 13.5. The van der Waals surface area contributed by atoms with Crippen LogP contribution in [-0.2, 0) is 6.18 Å². The van der Waals surface area contributed by atoms with Gasteiger partial charge in [0, 0.05) is 3.57 Å². The Bertz CT molecular complexity index is 608. The van der Waals surface area contributed by atoms with Gasteiger partial charge in [0.2, 0.25) is 0 Å². The molecule has 0 radical (unpaired) electrons. The van der Waals surface area contributed by atoms with Gasteiger partial charge in [0.1, 0.15) is 5.82 Å². The second-order valence-electron chi connectivity index (χ2n) is 4.27. The largest absolute Gasteiger partial charge is 0.419 e. The van der Waals surface area contributed by atoms with E-state index >= 15 is 0 Å². The number of nitrogens with two attached hydrogens (primary N) is 1. The molecule has 0 amide bonds. The third-order valence-corrected chi connectivity index (χ3v) is 3.61. The number of benzene rings is 2. The summed E-state index contributed by atoms with van der Waals surface area (Å²) in [6, 6.07) is 9.29. The van der Waals surface area contributed by atoms with E-state index in [0.717, 1.165) is 15.7 Å². The molecule has 0 heterocycles. The van der Waals surface area contributed by atoms with E-state index in [1.807, 2.05) is 12.1 Å². The van der Waals surface area contributed by atoms with Crippen LogP contribution >= 0.6 is 22.6 Å². The Morgan fingerprint density at radius 2 is 1.50 bits per heavy atom. The van der Waals surface area contributed by atoms with Gasteiger partial charge in [-0.3, -0.25) is 0 Å². The lowest BCUT2D eigenvalue weighted by Crippen LogP contribution is -2.14. The highest BCUT2D eigenvalue weighted by Crippen LogP contribution is 2.33. The number of hydrogen-bond donors (Lipinski definition) is 1. The lowest BCUT2D eigenvalue weighted by molar-refractivity contribution is -0.140. The molecule has 0 fully saturated rings. The second kappa shape index (κ2) is 5.69. The molecule has 0 aliphatic carbocycles. The van der Waals surface area contributed by atoms with Gasteiger partial charge in [0.05, 0.1) is 11.6 Å². The van der Waals surface area contributed by atoms with Crippen LogP contribution in [0.3, 0.4) is 0 Å². The molecule has 1 nitrogen and oxygen atoms in total. The average Bonchev–Trinajstić information content (AvgIpc) is 2.37. The molecule has 20 heavy (non-hydrogen) atoms. The van der Waals surface area contributed by atoms with Crippen molar-refractivity contribution < 1.29 is 17.6 Å². The molecule has 0 saturated carbocycles. The van der Waals surface area contributed by atoms with Crippen LogP contribution in [0.5, 0.6) is 0 Å². The minimum Gasteiger partial charge on any atom is -0.320 e. The summed E-state index contributed by atoms with van der Waals surface area (Å²) in [5.74, 6) is -1.31. The molecule has 0 aliphatic heterocycles. The Balaban J connectivity index is 2.34. The van der Waals surface area contributed by atoms with Crippen LogP contribution in [0.1, 0.15) is 22.7 Å². The number of halogens is 5. The first kappa shape index (κ1) is 15.2. The Hall–Kier alpha value is -1.15. The maximum Gasteiger partial charge on any atom is 0.419 e. The minimum atomic E-state index is -4.70. The van der Waals surface area contributed by atoms with E-state index in [1.54, 1.807) is 12.1 Å².